The summed E-state index contributed by atoms with van der Waals surface area (Å²) in [6.07, 6.45) is 10.1. The number of carbonyl (C=O) groups is 1. The van der Waals surface area contributed by atoms with Crippen LogP contribution in [0.15, 0.2) is 30.6 Å². The Morgan fingerprint density at radius 1 is 1.15 bits per heavy atom. The first-order valence-electron chi connectivity index (χ1n) is 11.8. The lowest BCUT2D eigenvalue weighted by molar-refractivity contribution is -0.125. The van der Waals surface area contributed by atoms with Gasteiger partial charge in [-0.25, -0.2) is 9.50 Å². The molecule has 0 bridgehead atoms. The first-order chi connectivity index (χ1) is 16.2. The van der Waals surface area contributed by atoms with E-state index in [2.05, 4.69) is 10.2 Å². The van der Waals surface area contributed by atoms with E-state index >= 15 is 0 Å². The van der Waals surface area contributed by atoms with Crippen molar-refractivity contribution in [1.29, 1.82) is 0 Å². The Morgan fingerprint density at radius 3 is 2.85 bits per heavy atom. The number of nitrogens with one attached hydrogen (secondary N) is 1. The molecule has 3 aromatic rings. The Labute approximate surface area is 193 Å². The van der Waals surface area contributed by atoms with Crippen LogP contribution in [0.3, 0.4) is 0 Å². The lowest BCUT2D eigenvalue weighted by Crippen LogP contribution is -2.43. The fraction of sp³-hybridized carbons (Fsp3) is 0.480. The van der Waals surface area contributed by atoms with Gasteiger partial charge in [-0.1, -0.05) is 6.07 Å². The van der Waals surface area contributed by atoms with Gasteiger partial charge >= 0.3 is 0 Å². The molecule has 5 rings (SSSR count). The maximum Gasteiger partial charge on any atom is 0.225 e. The average Bonchev–Trinajstić information content (AvgIpc) is 3.26. The van der Waals surface area contributed by atoms with E-state index in [0.29, 0.717) is 24.6 Å². The molecular formula is C25H31N5O3. The fourth-order valence-corrected chi connectivity index (χ4v) is 5.09. The summed E-state index contributed by atoms with van der Waals surface area (Å²) in [5.41, 5.74) is 4.64. The molecule has 1 amide bonds. The van der Waals surface area contributed by atoms with Gasteiger partial charge in [0.2, 0.25) is 5.91 Å². The summed E-state index contributed by atoms with van der Waals surface area (Å²) in [4.78, 5) is 20.1. The lowest BCUT2D eigenvalue weighted by atomic mass is 9.95. The zero-order valence-electron chi connectivity index (χ0n) is 19.3. The normalized spacial score (nSPS) is 18.1. The SMILES string of the molecule is COc1ccc(CNC(=O)[C@H]2CCCN(c3nccn4nc5c(c34)CCCC5)C2)cc1OC. The molecule has 2 aliphatic rings. The molecule has 3 heterocycles. The van der Waals surface area contributed by atoms with E-state index < -0.39 is 0 Å². The highest BCUT2D eigenvalue weighted by Crippen LogP contribution is 2.32. The lowest BCUT2D eigenvalue weighted by Gasteiger charge is -2.33. The number of rotatable bonds is 6. The predicted molar refractivity (Wildman–Crippen MR) is 126 cm³/mol. The molecule has 0 spiro atoms. The summed E-state index contributed by atoms with van der Waals surface area (Å²) in [7, 11) is 3.23. The third-order valence-corrected chi connectivity index (χ3v) is 6.80. The number of hydrogen-bond acceptors (Lipinski definition) is 6. The van der Waals surface area contributed by atoms with Crippen LogP contribution in [0.4, 0.5) is 5.82 Å². The van der Waals surface area contributed by atoms with Gasteiger partial charge < -0.3 is 19.7 Å². The largest absolute Gasteiger partial charge is 0.493 e. The smallest absolute Gasteiger partial charge is 0.225 e. The first kappa shape index (κ1) is 21.6. The zero-order chi connectivity index (χ0) is 22.8. The van der Waals surface area contributed by atoms with Crippen LogP contribution in [0.25, 0.3) is 5.52 Å². The van der Waals surface area contributed by atoms with Crippen LogP contribution in [-0.2, 0) is 24.2 Å². The molecule has 1 aliphatic heterocycles. The number of nitrogens with zero attached hydrogens (tertiary/aromatic N) is 4. The molecule has 33 heavy (non-hydrogen) atoms. The molecule has 8 heteroatoms. The monoisotopic (exact) mass is 449 g/mol. The number of benzene rings is 1. The van der Waals surface area contributed by atoms with Gasteiger partial charge in [0.15, 0.2) is 17.3 Å². The van der Waals surface area contributed by atoms with Gasteiger partial charge in [0.25, 0.3) is 0 Å². The standard InChI is InChI=1S/C25H31N5O3/c1-32-21-10-9-17(14-22(21)33-2)15-27-25(31)18-6-5-12-29(16-18)24-23-19-7-3-4-8-20(19)28-30(23)13-11-26-24/h9-11,13-14,18H,3-8,12,15-16H2,1-2H3,(H,27,31)/t18-/m0/s1. The van der Waals surface area contributed by atoms with Crippen molar-refractivity contribution in [3.8, 4) is 11.5 Å². The number of piperidine rings is 1. The Kier molecular flexibility index (Phi) is 6.07. The fourth-order valence-electron chi connectivity index (χ4n) is 5.09. The Morgan fingerprint density at radius 2 is 2.00 bits per heavy atom. The van der Waals surface area contributed by atoms with Crippen molar-refractivity contribution >= 4 is 17.2 Å². The number of ether oxygens (including phenoxy) is 2. The molecule has 1 fully saturated rings. The van der Waals surface area contributed by atoms with Gasteiger partial charge in [-0.15, -0.1) is 0 Å². The minimum Gasteiger partial charge on any atom is -0.493 e. The summed E-state index contributed by atoms with van der Waals surface area (Å²) >= 11 is 0. The second kappa shape index (κ2) is 9.29. The quantitative estimate of drug-likeness (QED) is 0.623. The molecule has 174 valence electrons. The molecule has 0 saturated carbocycles. The molecule has 1 atom stereocenters. The Hall–Kier alpha value is -3.29. The second-order valence-electron chi connectivity index (χ2n) is 8.87. The third kappa shape index (κ3) is 4.21. The van der Waals surface area contributed by atoms with Gasteiger partial charge in [-0.05, 0) is 56.2 Å². The minimum absolute atomic E-state index is 0.0697. The van der Waals surface area contributed by atoms with Crippen LogP contribution in [-0.4, -0.2) is 47.8 Å². The Balaban J connectivity index is 1.29. The highest BCUT2D eigenvalue weighted by Gasteiger charge is 2.29. The molecule has 2 aromatic heterocycles. The van der Waals surface area contributed by atoms with E-state index in [-0.39, 0.29) is 11.8 Å². The van der Waals surface area contributed by atoms with Crippen molar-refractivity contribution < 1.29 is 14.3 Å². The summed E-state index contributed by atoms with van der Waals surface area (Å²) in [6.45, 7) is 2.04. The van der Waals surface area contributed by atoms with Gasteiger partial charge in [-0.2, -0.15) is 5.10 Å². The topological polar surface area (TPSA) is 81.0 Å². The van der Waals surface area contributed by atoms with Gasteiger partial charge in [0.1, 0.15) is 5.52 Å². The number of hydrogen-bond donors (Lipinski definition) is 1. The number of carbonyl (C=O) groups excluding carboxylic acids is 1. The van der Waals surface area contributed by atoms with Crippen molar-refractivity contribution in [1.82, 2.24) is 19.9 Å². The Bertz CT molecular complexity index is 1160. The van der Waals surface area contributed by atoms with Gasteiger partial charge in [-0.3, -0.25) is 4.79 Å². The number of aromatic nitrogens is 3. The molecular weight excluding hydrogens is 418 g/mol. The van der Waals surface area contributed by atoms with Crippen molar-refractivity contribution in [2.75, 3.05) is 32.2 Å². The number of amides is 1. The third-order valence-electron chi connectivity index (χ3n) is 6.80. The summed E-state index contributed by atoms with van der Waals surface area (Å²) < 4.78 is 12.7. The van der Waals surface area contributed by atoms with E-state index in [1.807, 2.05) is 35.1 Å². The van der Waals surface area contributed by atoms with E-state index in [9.17, 15) is 4.79 Å². The maximum absolute atomic E-state index is 13.0. The summed E-state index contributed by atoms with van der Waals surface area (Å²) in [5.74, 6) is 2.32. The number of methoxy groups -OCH3 is 2. The van der Waals surface area contributed by atoms with E-state index in [4.69, 9.17) is 19.6 Å². The number of anilines is 1. The van der Waals surface area contributed by atoms with E-state index in [0.717, 1.165) is 49.1 Å². The van der Waals surface area contributed by atoms with Gasteiger partial charge in [0, 0.05) is 37.6 Å². The molecule has 1 aliphatic carbocycles. The average molecular weight is 450 g/mol. The van der Waals surface area contributed by atoms with Crippen LogP contribution in [0.5, 0.6) is 11.5 Å². The summed E-state index contributed by atoms with van der Waals surface area (Å²) in [6, 6.07) is 5.71. The molecule has 1 aromatic carbocycles. The second-order valence-corrected chi connectivity index (χ2v) is 8.87. The van der Waals surface area contributed by atoms with Crippen LogP contribution >= 0.6 is 0 Å². The van der Waals surface area contributed by atoms with Crippen LogP contribution in [0, 0.1) is 5.92 Å². The maximum atomic E-state index is 13.0. The number of aryl methyl sites for hydroxylation is 2. The summed E-state index contributed by atoms with van der Waals surface area (Å²) in [5, 5.41) is 7.92. The highest BCUT2D eigenvalue weighted by molar-refractivity contribution is 5.81. The van der Waals surface area contributed by atoms with Crippen LogP contribution < -0.4 is 19.7 Å². The molecule has 0 unspecified atom stereocenters. The van der Waals surface area contributed by atoms with Crippen molar-refractivity contribution in [2.45, 2.75) is 45.1 Å². The molecule has 8 nitrogen and oxygen atoms in total. The molecule has 1 N–H and O–H groups in total. The predicted octanol–water partition coefficient (Wildman–Crippen LogP) is 3.16. The van der Waals surface area contributed by atoms with Crippen LogP contribution in [0.2, 0.25) is 0 Å². The zero-order valence-corrected chi connectivity index (χ0v) is 19.3. The van der Waals surface area contributed by atoms with Crippen LogP contribution in [0.1, 0.15) is 42.5 Å². The van der Waals surface area contributed by atoms with Crippen molar-refractivity contribution in [2.24, 2.45) is 5.92 Å². The highest BCUT2D eigenvalue weighted by atomic mass is 16.5. The van der Waals surface area contributed by atoms with Gasteiger partial charge in [0.05, 0.1) is 25.8 Å². The molecule has 1 saturated heterocycles. The van der Waals surface area contributed by atoms with E-state index in [1.165, 1.54) is 24.1 Å². The van der Waals surface area contributed by atoms with E-state index in [1.54, 1.807) is 14.2 Å². The first-order valence-corrected chi connectivity index (χ1v) is 11.8. The van der Waals surface area contributed by atoms with Crippen molar-refractivity contribution in [3.63, 3.8) is 0 Å². The minimum atomic E-state index is -0.0697. The van der Waals surface area contributed by atoms with Crippen molar-refractivity contribution in [3.05, 3.63) is 47.4 Å². The molecule has 0 radical (unpaired) electrons. The number of fused-ring (bicyclic) bond motifs is 3.